The first-order valence-electron chi connectivity index (χ1n) is 10.0. The molecular weight excluding hydrogens is 448 g/mol. The molecule has 0 saturated heterocycles. The van der Waals surface area contributed by atoms with Crippen molar-refractivity contribution < 1.29 is 19.1 Å². The van der Waals surface area contributed by atoms with Gasteiger partial charge in [-0.2, -0.15) is 0 Å². The van der Waals surface area contributed by atoms with Gasteiger partial charge in [0, 0.05) is 17.6 Å². The van der Waals surface area contributed by atoms with Crippen LogP contribution in [0.5, 0.6) is 11.5 Å². The quantitative estimate of drug-likeness (QED) is 0.494. The summed E-state index contributed by atoms with van der Waals surface area (Å²) in [6, 6.07) is 14.1. The van der Waals surface area contributed by atoms with Crippen LogP contribution in [0.1, 0.15) is 32.3 Å². The molecule has 0 fully saturated rings. The summed E-state index contributed by atoms with van der Waals surface area (Å²) in [5.74, 6) is 0.900. The third kappa shape index (κ3) is 7.37. The molecule has 0 saturated carbocycles. The lowest BCUT2D eigenvalue weighted by Crippen LogP contribution is -2.49. The van der Waals surface area contributed by atoms with Crippen molar-refractivity contribution in [2.45, 2.75) is 39.3 Å². The fourth-order valence-corrected chi connectivity index (χ4v) is 3.07. The largest absolute Gasteiger partial charge is 0.497 e. The number of unbranched alkanes of at least 4 members (excludes halogenated alkanes) is 1. The molecule has 2 aromatic carbocycles. The standard InChI is InChI=1S/C23H29BrN2O4/c1-4-5-14-25-23(28)17(2)26(15-18-6-10-20(29-3)11-7-18)22(27)16-30-21-12-8-19(24)9-13-21/h6-13,17H,4-5,14-16H2,1-3H3,(H,25,28)/t17-/m1/s1. The van der Waals surface area contributed by atoms with Crippen molar-refractivity contribution >= 4 is 27.7 Å². The average molecular weight is 477 g/mol. The van der Waals surface area contributed by atoms with Crippen molar-refractivity contribution in [1.82, 2.24) is 10.2 Å². The molecule has 1 N–H and O–H groups in total. The Labute approximate surface area is 186 Å². The Morgan fingerprint density at radius 2 is 1.70 bits per heavy atom. The number of carbonyl (C=O) groups is 2. The van der Waals surface area contributed by atoms with Gasteiger partial charge in [-0.15, -0.1) is 0 Å². The van der Waals surface area contributed by atoms with E-state index < -0.39 is 6.04 Å². The Kier molecular flexibility index (Phi) is 9.67. The molecule has 0 spiro atoms. The predicted octanol–water partition coefficient (Wildman–Crippen LogP) is 4.17. The lowest BCUT2D eigenvalue weighted by molar-refractivity contribution is -0.142. The molecule has 2 aromatic rings. The van der Waals surface area contributed by atoms with Gasteiger partial charge in [0.15, 0.2) is 6.61 Å². The predicted molar refractivity (Wildman–Crippen MR) is 121 cm³/mol. The Morgan fingerprint density at radius 1 is 1.07 bits per heavy atom. The van der Waals surface area contributed by atoms with Crippen LogP contribution in [0.25, 0.3) is 0 Å². The highest BCUT2D eigenvalue weighted by Gasteiger charge is 2.26. The highest BCUT2D eigenvalue weighted by Crippen LogP contribution is 2.18. The van der Waals surface area contributed by atoms with E-state index in [2.05, 4.69) is 28.2 Å². The van der Waals surface area contributed by atoms with Gasteiger partial charge in [0.05, 0.1) is 7.11 Å². The molecule has 0 aliphatic carbocycles. The zero-order valence-electron chi connectivity index (χ0n) is 17.7. The lowest BCUT2D eigenvalue weighted by Gasteiger charge is -2.28. The van der Waals surface area contributed by atoms with Gasteiger partial charge in [0.25, 0.3) is 5.91 Å². The second-order valence-corrected chi connectivity index (χ2v) is 7.85. The molecule has 0 radical (unpaired) electrons. The van der Waals surface area contributed by atoms with Gasteiger partial charge >= 0.3 is 0 Å². The fourth-order valence-electron chi connectivity index (χ4n) is 2.81. The van der Waals surface area contributed by atoms with Crippen LogP contribution in [0.3, 0.4) is 0 Å². The highest BCUT2D eigenvalue weighted by molar-refractivity contribution is 9.10. The minimum Gasteiger partial charge on any atom is -0.497 e. The van der Waals surface area contributed by atoms with Crippen molar-refractivity contribution in [1.29, 1.82) is 0 Å². The van der Waals surface area contributed by atoms with Crippen LogP contribution in [0, 0.1) is 0 Å². The summed E-state index contributed by atoms with van der Waals surface area (Å²) in [6.45, 7) is 4.55. The normalized spacial score (nSPS) is 11.5. The topological polar surface area (TPSA) is 67.9 Å². The summed E-state index contributed by atoms with van der Waals surface area (Å²) in [4.78, 5) is 27.1. The number of hydrogen-bond acceptors (Lipinski definition) is 4. The number of hydrogen-bond donors (Lipinski definition) is 1. The van der Waals surface area contributed by atoms with Crippen LogP contribution in [0.2, 0.25) is 0 Å². The van der Waals surface area contributed by atoms with Gasteiger partial charge in [-0.3, -0.25) is 9.59 Å². The molecule has 0 aliphatic heterocycles. The van der Waals surface area contributed by atoms with E-state index in [4.69, 9.17) is 9.47 Å². The molecule has 1 atom stereocenters. The van der Waals surface area contributed by atoms with Gasteiger partial charge in [-0.25, -0.2) is 0 Å². The van der Waals surface area contributed by atoms with E-state index in [-0.39, 0.29) is 18.4 Å². The van der Waals surface area contributed by atoms with E-state index in [1.165, 1.54) is 0 Å². The van der Waals surface area contributed by atoms with E-state index in [1.54, 1.807) is 31.1 Å². The number of benzene rings is 2. The molecule has 0 heterocycles. The van der Waals surface area contributed by atoms with Crippen molar-refractivity contribution in [3.63, 3.8) is 0 Å². The summed E-state index contributed by atoms with van der Waals surface area (Å²) in [5.41, 5.74) is 0.904. The zero-order valence-corrected chi connectivity index (χ0v) is 19.3. The third-order valence-electron chi connectivity index (χ3n) is 4.68. The maximum absolute atomic E-state index is 13.0. The number of rotatable bonds is 11. The summed E-state index contributed by atoms with van der Waals surface area (Å²) in [7, 11) is 1.60. The first-order chi connectivity index (χ1) is 14.4. The van der Waals surface area contributed by atoms with Crippen molar-refractivity contribution in [3.05, 3.63) is 58.6 Å². The lowest BCUT2D eigenvalue weighted by atomic mass is 10.1. The van der Waals surface area contributed by atoms with E-state index >= 15 is 0 Å². The Hall–Kier alpha value is -2.54. The molecular formula is C23H29BrN2O4. The minimum atomic E-state index is -0.620. The number of nitrogens with one attached hydrogen (secondary N) is 1. The van der Waals surface area contributed by atoms with Crippen LogP contribution in [0.4, 0.5) is 0 Å². The summed E-state index contributed by atoms with van der Waals surface area (Å²) >= 11 is 3.37. The van der Waals surface area contributed by atoms with Gasteiger partial charge in [0.1, 0.15) is 17.5 Å². The van der Waals surface area contributed by atoms with Gasteiger partial charge in [0.2, 0.25) is 5.91 Å². The molecule has 0 unspecified atom stereocenters. The minimum absolute atomic E-state index is 0.148. The third-order valence-corrected chi connectivity index (χ3v) is 5.21. The maximum atomic E-state index is 13.0. The maximum Gasteiger partial charge on any atom is 0.261 e. The molecule has 30 heavy (non-hydrogen) atoms. The van der Waals surface area contributed by atoms with Crippen molar-refractivity contribution in [2.75, 3.05) is 20.3 Å². The number of carbonyl (C=O) groups excluding carboxylic acids is 2. The molecule has 7 heteroatoms. The molecule has 6 nitrogen and oxygen atoms in total. The van der Waals surface area contributed by atoms with Crippen LogP contribution in [0.15, 0.2) is 53.0 Å². The van der Waals surface area contributed by atoms with Crippen molar-refractivity contribution in [2.24, 2.45) is 0 Å². The number of nitrogens with zero attached hydrogens (tertiary/aromatic N) is 1. The summed E-state index contributed by atoms with van der Waals surface area (Å²) in [6.07, 6.45) is 1.89. The average Bonchev–Trinajstić information content (AvgIpc) is 2.77. The first kappa shape index (κ1) is 23.7. The Balaban J connectivity index is 2.10. The number of amides is 2. The van der Waals surface area contributed by atoms with Gasteiger partial charge < -0.3 is 19.7 Å². The SMILES string of the molecule is CCCCNC(=O)[C@@H](C)N(Cc1ccc(OC)cc1)C(=O)COc1ccc(Br)cc1. The smallest absolute Gasteiger partial charge is 0.261 e. The monoisotopic (exact) mass is 476 g/mol. The highest BCUT2D eigenvalue weighted by atomic mass is 79.9. The number of halogens is 1. The molecule has 0 aromatic heterocycles. The van der Waals surface area contributed by atoms with Gasteiger partial charge in [-0.1, -0.05) is 41.4 Å². The second-order valence-electron chi connectivity index (χ2n) is 6.93. The van der Waals surface area contributed by atoms with E-state index in [0.717, 1.165) is 28.6 Å². The number of methoxy groups -OCH3 is 1. The van der Waals surface area contributed by atoms with Crippen LogP contribution in [-0.4, -0.2) is 43.0 Å². The first-order valence-corrected chi connectivity index (χ1v) is 10.8. The van der Waals surface area contributed by atoms with Crippen LogP contribution in [-0.2, 0) is 16.1 Å². The molecule has 0 aliphatic rings. The Morgan fingerprint density at radius 3 is 2.30 bits per heavy atom. The van der Waals surface area contributed by atoms with E-state index in [1.807, 2.05) is 36.4 Å². The number of ether oxygens (including phenoxy) is 2. The van der Waals surface area contributed by atoms with Crippen LogP contribution < -0.4 is 14.8 Å². The summed E-state index contributed by atoms with van der Waals surface area (Å²) < 4.78 is 11.8. The summed E-state index contributed by atoms with van der Waals surface area (Å²) in [5, 5.41) is 2.90. The van der Waals surface area contributed by atoms with E-state index in [9.17, 15) is 9.59 Å². The van der Waals surface area contributed by atoms with E-state index in [0.29, 0.717) is 18.8 Å². The van der Waals surface area contributed by atoms with Crippen LogP contribution >= 0.6 is 15.9 Å². The fraction of sp³-hybridized carbons (Fsp3) is 0.391. The molecule has 0 bridgehead atoms. The zero-order chi connectivity index (χ0) is 21.9. The second kappa shape index (κ2) is 12.2. The van der Waals surface area contributed by atoms with Gasteiger partial charge in [-0.05, 0) is 55.3 Å². The Bertz CT molecular complexity index is 809. The molecule has 162 valence electrons. The molecule has 2 amide bonds. The molecule has 2 rings (SSSR count). The van der Waals surface area contributed by atoms with Crippen molar-refractivity contribution in [3.8, 4) is 11.5 Å².